The number of hydrogen-bond donors (Lipinski definition) is 0. The van der Waals surface area contributed by atoms with Gasteiger partial charge >= 0.3 is 0 Å². The van der Waals surface area contributed by atoms with Gasteiger partial charge in [0.25, 0.3) is 0 Å². The molecule has 0 amide bonds. The van der Waals surface area contributed by atoms with Gasteiger partial charge in [0.05, 0.1) is 11.1 Å². The predicted molar refractivity (Wildman–Crippen MR) is 220 cm³/mol. The lowest BCUT2D eigenvalue weighted by atomic mass is 9.66. The van der Waals surface area contributed by atoms with E-state index in [0.717, 1.165) is 11.4 Å². The first-order chi connectivity index (χ1) is 25.1. The Hall–Kier alpha value is -6.18. The van der Waals surface area contributed by atoms with E-state index in [1.807, 2.05) is 0 Å². The molecule has 0 aromatic heterocycles. The standard InChI is InChI=1S/C50H37N.CH4/c1-49(2)46-32-36(50(35-18-5-3-6-19-35)44-25-13-11-23-40(44)41-24-12-14-26-45(41)50)28-30-42(46)43-31-29-38(33-47(43)49)51(37-20-7-4-8-21-37)48-27-15-17-34-16-9-10-22-39(34)48;/h3-33H,1-2H3;1H4. The quantitative estimate of drug-likeness (QED) is 0.177. The topological polar surface area (TPSA) is 3.24 Å². The molecule has 0 unspecified atom stereocenters. The minimum atomic E-state index is -0.419. The average Bonchev–Trinajstić information content (AvgIpc) is 3.61. The van der Waals surface area contributed by atoms with E-state index in [1.54, 1.807) is 0 Å². The molecule has 0 saturated carbocycles. The molecule has 10 rings (SSSR count). The fraction of sp³-hybridized carbons (Fsp3) is 0.0980. The van der Waals surface area contributed by atoms with Crippen LogP contribution in [-0.4, -0.2) is 0 Å². The Labute approximate surface area is 307 Å². The van der Waals surface area contributed by atoms with Crippen LogP contribution in [0.15, 0.2) is 188 Å². The molecule has 0 fully saturated rings. The van der Waals surface area contributed by atoms with Crippen LogP contribution < -0.4 is 4.90 Å². The van der Waals surface area contributed by atoms with Crippen molar-refractivity contribution < 1.29 is 0 Å². The Morgan fingerprint density at radius 1 is 0.385 bits per heavy atom. The first-order valence-electron chi connectivity index (χ1n) is 17.9. The molecule has 8 aromatic rings. The Morgan fingerprint density at radius 2 is 0.923 bits per heavy atom. The average molecular weight is 668 g/mol. The minimum Gasteiger partial charge on any atom is -0.310 e. The van der Waals surface area contributed by atoms with Crippen molar-refractivity contribution in [3.05, 3.63) is 221 Å². The summed E-state index contributed by atoms with van der Waals surface area (Å²) in [6.07, 6.45) is 0. The molecule has 8 aromatic carbocycles. The van der Waals surface area contributed by atoms with Crippen molar-refractivity contribution in [2.45, 2.75) is 32.1 Å². The van der Waals surface area contributed by atoms with E-state index < -0.39 is 5.41 Å². The van der Waals surface area contributed by atoms with Crippen molar-refractivity contribution in [1.82, 2.24) is 0 Å². The minimum absolute atomic E-state index is 0. The lowest BCUT2D eigenvalue weighted by Crippen LogP contribution is -2.29. The van der Waals surface area contributed by atoms with Gasteiger partial charge < -0.3 is 4.90 Å². The van der Waals surface area contributed by atoms with Crippen molar-refractivity contribution in [3.63, 3.8) is 0 Å². The van der Waals surface area contributed by atoms with Gasteiger partial charge in [-0.05, 0) is 91.4 Å². The molecule has 0 spiro atoms. The normalized spacial score (nSPS) is 14.1. The van der Waals surface area contributed by atoms with E-state index >= 15 is 0 Å². The molecule has 2 aliphatic carbocycles. The largest absolute Gasteiger partial charge is 0.310 e. The molecule has 0 radical (unpaired) electrons. The number of anilines is 3. The SMILES string of the molecule is C.CC1(C)c2cc(N(c3ccccc3)c3cccc4ccccc34)ccc2-c2ccc(C3(c4ccccc4)c4ccccc4-c4ccccc43)cc21. The molecule has 250 valence electrons. The third-order valence-corrected chi connectivity index (χ3v) is 11.5. The Balaban J connectivity index is 0.00000360. The van der Waals surface area contributed by atoms with Crippen LogP contribution in [0.4, 0.5) is 17.1 Å². The number of para-hydroxylation sites is 1. The predicted octanol–water partition coefficient (Wildman–Crippen LogP) is 13.6. The van der Waals surface area contributed by atoms with Crippen LogP contribution in [0.5, 0.6) is 0 Å². The zero-order chi connectivity index (χ0) is 34.2. The Morgan fingerprint density at radius 3 is 1.63 bits per heavy atom. The molecule has 1 nitrogen and oxygen atoms in total. The highest BCUT2D eigenvalue weighted by atomic mass is 15.1. The molecule has 1 heteroatoms. The molecular weight excluding hydrogens is 627 g/mol. The van der Waals surface area contributed by atoms with Gasteiger partial charge in [-0.2, -0.15) is 0 Å². The summed E-state index contributed by atoms with van der Waals surface area (Å²) in [7, 11) is 0. The lowest BCUT2D eigenvalue weighted by molar-refractivity contribution is 0.655. The van der Waals surface area contributed by atoms with Gasteiger partial charge in [0, 0.05) is 22.2 Å². The number of benzene rings is 8. The molecule has 2 aliphatic rings. The van der Waals surface area contributed by atoms with E-state index in [0.29, 0.717) is 0 Å². The number of rotatable bonds is 5. The van der Waals surface area contributed by atoms with Gasteiger partial charge in [-0.1, -0.05) is 179 Å². The summed E-state index contributed by atoms with van der Waals surface area (Å²) >= 11 is 0. The maximum Gasteiger partial charge on any atom is 0.0713 e. The summed E-state index contributed by atoms with van der Waals surface area (Å²) < 4.78 is 0. The van der Waals surface area contributed by atoms with Gasteiger partial charge in [-0.25, -0.2) is 0 Å². The summed E-state index contributed by atoms with van der Waals surface area (Å²) in [4.78, 5) is 2.42. The number of nitrogens with zero attached hydrogens (tertiary/aromatic N) is 1. The van der Waals surface area contributed by atoms with E-state index in [1.165, 1.54) is 72.1 Å². The summed E-state index contributed by atoms with van der Waals surface area (Å²) in [6.45, 7) is 4.81. The van der Waals surface area contributed by atoms with Gasteiger partial charge in [-0.3, -0.25) is 0 Å². The Kier molecular flexibility index (Phi) is 7.31. The van der Waals surface area contributed by atoms with Crippen LogP contribution in [0, 0.1) is 0 Å². The first kappa shape index (κ1) is 31.8. The zero-order valence-corrected chi connectivity index (χ0v) is 28.8. The highest BCUT2D eigenvalue weighted by molar-refractivity contribution is 5.99. The van der Waals surface area contributed by atoms with Crippen LogP contribution in [0.1, 0.15) is 54.7 Å². The maximum atomic E-state index is 2.53. The van der Waals surface area contributed by atoms with Crippen molar-refractivity contribution >= 4 is 27.8 Å². The summed E-state index contributed by atoms with van der Waals surface area (Å²) in [5.41, 5.74) is 16.2. The highest BCUT2D eigenvalue weighted by Crippen LogP contribution is 2.58. The molecule has 0 heterocycles. The highest BCUT2D eigenvalue weighted by Gasteiger charge is 2.47. The van der Waals surface area contributed by atoms with Gasteiger partial charge in [0.2, 0.25) is 0 Å². The maximum absolute atomic E-state index is 2.53. The van der Waals surface area contributed by atoms with Crippen LogP contribution >= 0.6 is 0 Å². The van der Waals surface area contributed by atoms with Crippen LogP contribution in [0.25, 0.3) is 33.0 Å². The first-order valence-corrected chi connectivity index (χ1v) is 17.9. The van der Waals surface area contributed by atoms with E-state index in [2.05, 4.69) is 207 Å². The molecular formula is C51H41N. The second-order valence-electron chi connectivity index (χ2n) is 14.5. The lowest BCUT2D eigenvalue weighted by Gasteiger charge is -2.35. The third kappa shape index (κ3) is 4.42. The van der Waals surface area contributed by atoms with E-state index in [4.69, 9.17) is 0 Å². The monoisotopic (exact) mass is 667 g/mol. The molecule has 0 atom stereocenters. The Bertz CT molecular complexity index is 2560. The summed E-state index contributed by atoms with van der Waals surface area (Å²) in [5, 5.41) is 2.47. The molecule has 52 heavy (non-hydrogen) atoms. The molecule has 0 aliphatic heterocycles. The van der Waals surface area contributed by atoms with Crippen LogP contribution in [0.3, 0.4) is 0 Å². The van der Waals surface area contributed by atoms with Crippen molar-refractivity contribution in [2.75, 3.05) is 4.90 Å². The summed E-state index contributed by atoms with van der Waals surface area (Å²) in [6, 6.07) is 69.6. The molecule has 0 bridgehead atoms. The van der Waals surface area contributed by atoms with Crippen molar-refractivity contribution in [3.8, 4) is 22.3 Å². The number of fused-ring (bicyclic) bond motifs is 7. The van der Waals surface area contributed by atoms with Crippen molar-refractivity contribution in [2.24, 2.45) is 0 Å². The van der Waals surface area contributed by atoms with E-state index in [-0.39, 0.29) is 12.8 Å². The van der Waals surface area contributed by atoms with Gasteiger partial charge in [0.15, 0.2) is 0 Å². The van der Waals surface area contributed by atoms with Gasteiger partial charge in [0.1, 0.15) is 0 Å². The van der Waals surface area contributed by atoms with Crippen molar-refractivity contribution in [1.29, 1.82) is 0 Å². The third-order valence-electron chi connectivity index (χ3n) is 11.5. The second-order valence-corrected chi connectivity index (χ2v) is 14.5. The molecule has 0 N–H and O–H groups in total. The fourth-order valence-electron chi connectivity index (χ4n) is 9.22. The van der Waals surface area contributed by atoms with E-state index in [9.17, 15) is 0 Å². The van der Waals surface area contributed by atoms with Crippen LogP contribution in [-0.2, 0) is 10.8 Å². The fourth-order valence-corrected chi connectivity index (χ4v) is 9.22. The summed E-state index contributed by atoms with van der Waals surface area (Å²) in [5.74, 6) is 0. The van der Waals surface area contributed by atoms with Gasteiger partial charge in [-0.15, -0.1) is 0 Å². The zero-order valence-electron chi connectivity index (χ0n) is 28.8. The van der Waals surface area contributed by atoms with Crippen LogP contribution in [0.2, 0.25) is 0 Å². The smallest absolute Gasteiger partial charge is 0.0713 e. The molecule has 0 saturated heterocycles. The number of hydrogen-bond acceptors (Lipinski definition) is 1. The second kappa shape index (κ2) is 12.0.